The molecule has 2 aromatic carbocycles. The summed E-state index contributed by atoms with van der Waals surface area (Å²) < 4.78 is 11.2. The minimum Gasteiger partial charge on any atom is -0.486 e. The third-order valence-corrected chi connectivity index (χ3v) is 4.55. The Balaban J connectivity index is 1.43. The number of aryl methyl sites for hydroxylation is 1. The average Bonchev–Trinajstić information content (AvgIpc) is 2.73. The number of pyridine rings is 1. The molecular formula is C22H19N5O2. The molecule has 0 aliphatic carbocycles. The van der Waals surface area contributed by atoms with Crippen LogP contribution < -0.4 is 20.1 Å². The van der Waals surface area contributed by atoms with Crippen molar-refractivity contribution in [1.82, 2.24) is 15.0 Å². The number of para-hydroxylation sites is 1. The molecule has 1 aliphatic heterocycles. The fourth-order valence-electron chi connectivity index (χ4n) is 3.28. The van der Waals surface area contributed by atoms with E-state index in [1.54, 1.807) is 6.20 Å². The molecule has 144 valence electrons. The molecule has 3 heterocycles. The summed E-state index contributed by atoms with van der Waals surface area (Å²) in [7, 11) is 0. The number of hydrogen-bond acceptors (Lipinski definition) is 7. The molecule has 0 amide bonds. The molecule has 0 radical (unpaired) electrons. The minimum absolute atomic E-state index is 0.503. The smallest absolute Gasteiger partial charge is 0.229 e. The van der Waals surface area contributed by atoms with Gasteiger partial charge in [0.15, 0.2) is 11.5 Å². The molecule has 1 aliphatic rings. The first-order valence-electron chi connectivity index (χ1n) is 9.38. The van der Waals surface area contributed by atoms with Gasteiger partial charge in [-0.2, -0.15) is 4.98 Å². The van der Waals surface area contributed by atoms with Gasteiger partial charge in [0.25, 0.3) is 0 Å². The zero-order valence-electron chi connectivity index (χ0n) is 15.8. The van der Waals surface area contributed by atoms with E-state index in [9.17, 15) is 0 Å². The lowest BCUT2D eigenvalue weighted by Crippen LogP contribution is -2.15. The van der Waals surface area contributed by atoms with Gasteiger partial charge >= 0.3 is 0 Å². The Hall–Kier alpha value is -3.87. The van der Waals surface area contributed by atoms with Crippen LogP contribution in [0.15, 0.2) is 60.8 Å². The molecule has 0 unspecified atom stereocenters. The SMILES string of the molecule is Cc1cc(Nc2ccc3c(c2)OCCO3)nc(Nc2cccc3cccnc23)n1. The van der Waals surface area contributed by atoms with E-state index >= 15 is 0 Å². The number of ether oxygens (including phenoxy) is 2. The maximum absolute atomic E-state index is 5.65. The van der Waals surface area contributed by atoms with Gasteiger partial charge in [0, 0.05) is 35.1 Å². The van der Waals surface area contributed by atoms with Gasteiger partial charge in [0.1, 0.15) is 19.0 Å². The van der Waals surface area contributed by atoms with Crippen LogP contribution in [-0.4, -0.2) is 28.2 Å². The number of fused-ring (bicyclic) bond motifs is 2. The first kappa shape index (κ1) is 17.2. The van der Waals surface area contributed by atoms with E-state index in [-0.39, 0.29) is 0 Å². The second-order valence-electron chi connectivity index (χ2n) is 6.71. The van der Waals surface area contributed by atoms with Crippen LogP contribution >= 0.6 is 0 Å². The first-order valence-corrected chi connectivity index (χ1v) is 9.38. The zero-order chi connectivity index (χ0) is 19.6. The quantitative estimate of drug-likeness (QED) is 0.532. The predicted octanol–water partition coefficient (Wildman–Crippen LogP) is 4.59. The largest absolute Gasteiger partial charge is 0.486 e. The van der Waals surface area contributed by atoms with Gasteiger partial charge in [-0.15, -0.1) is 0 Å². The third kappa shape index (κ3) is 3.62. The van der Waals surface area contributed by atoms with Crippen molar-refractivity contribution in [2.45, 2.75) is 6.92 Å². The molecule has 0 fully saturated rings. The predicted molar refractivity (Wildman–Crippen MR) is 113 cm³/mol. The summed E-state index contributed by atoms with van der Waals surface area (Å²) >= 11 is 0. The van der Waals surface area contributed by atoms with E-state index in [0.29, 0.717) is 25.0 Å². The molecule has 29 heavy (non-hydrogen) atoms. The van der Waals surface area contributed by atoms with Crippen molar-refractivity contribution < 1.29 is 9.47 Å². The normalized spacial score (nSPS) is 12.6. The van der Waals surface area contributed by atoms with Crippen LogP contribution in [-0.2, 0) is 0 Å². The maximum atomic E-state index is 5.65. The van der Waals surface area contributed by atoms with Gasteiger partial charge in [-0.05, 0) is 31.2 Å². The second-order valence-corrected chi connectivity index (χ2v) is 6.71. The Morgan fingerprint density at radius 1 is 0.862 bits per heavy atom. The fraction of sp³-hybridized carbons (Fsp3) is 0.136. The Morgan fingerprint density at radius 2 is 1.72 bits per heavy atom. The standard InChI is InChI=1S/C22H19N5O2/c1-14-12-20(25-16-7-8-18-19(13-16)29-11-10-28-18)27-22(24-14)26-17-6-2-4-15-5-3-9-23-21(15)17/h2-9,12-13H,10-11H2,1H3,(H2,24,25,26,27). The molecule has 2 N–H and O–H groups in total. The third-order valence-electron chi connectivity index (χ3n) is 4.55. The Morgan fingerprint density at radius 3 is 2.66 bits per heavy atom. The molecule has 0 spiro atoms. The van der Waals surface area contributed by atoms with Crippen molar-refractivity contribution in [3.05, 3.63) is 66.5 Å². The average molecular weight is 385 g/mol. The molecule has 2 aromatic heterocycles. The van der Waals surface area contributed by atoms with Crippen LogP contribution in [0.25, 0.3) is 10.9 Å². The van der Waals surface area contributed by atoms with Crippen molar-refractivity contribution in [3.8, 4) is 11.5 Å². The number of hydrogen-bond donors (Lipinski definition) is 2. The van der Waals surface area contributed by atoms with Gasteiger partial charge in [0.05, 0.1) is 11.2 Å². The summed E-state index contributed by atoms with van der Waals surface area (Å²) in [6.45, 7) is 3.06. The van der Waals surface area contributed by atoms with Crippen molar-refractivity contribution in [3.63, 3.8) is 0 Å². The number of nitrogens with zero attached hydrogens (tertiary/aromatic N) is 3. The van der Waals surface area contributed by atoms with Gasteiger partial charge in [-0.25, -0.2) is 4.98 Å². The van der Waals surface area contributed by atoms with E-state index in [1.807, 2.05) is 61.5 Å². The van der Waals surface area contributed by atoms with Crippen LogP contribution in [0.1, 0.15) is 5.69 Å². The molecule has 0 atom stereocenters. The molecule has 7 heteroatoms. The van der Waals surface area contributed by atoms with Crippen LogP contribution in [0.2, 0.25) is 0 Å². The monoisotopic (exact) mass is 385 g/mol. The second kappa shape index (κ2) is 7.27. The number of rotatable bonds is 4. The number of benzene rings is 2. The van der Waals surface area contributed by atoms with Crippen LogP contribution in [0.3, 0.4) is 0 Å². The highest BCUT2D eigenvalue weighted by atomic mass is 16.6. The summed E-state index contributed by atoms with van der Waals surface area (Å²) in [5.41, 5.74) is 3.45. The minimum atomic E-state index is 0.503. The molecule has 0 saturated heterocycles. The Kier molecular flexibility index (Phi) is 4.32. The van der Waals surface area contributed by atoms with Gasteiger partial charge in [-0.1, -0.05) is 18.2 Å². The topological polar surface area (TPSA) is 81.2 Å². The molecule has 0 bridgehead atoms. The van der Waals surface area contributed by atoms with Gasteiger partial charge < -0.3 is 20.1 Å². The van der Waals surface area contributed by atoms with E-state index in [4.69, 9.17) is 9.47 Å². The van der Waals surface area contributed by atoms with Crippen LogP contribution in [0, 0.1) is 6.92 Å². The zero-order valence-corrected chi connectivity index (χ0v) is 15.8. The number of nitrogens with one attached hydrogen (secondary N) is 2. The van der Waals surface area contributed by atoms with Crippen LogP contribution in [0.5, 0.6) is 11.5 Å². The molecular weight excluding hydrogens is 366 g/mol. The van der Waals surface area contributed by atoms with E-state index in [0.717, 1.165) is 39.5 Å². The first-order chi connectivity index (χ1) is 14.2. The molecule has 7 nitrogen and oxygen atoms in total. The number of aromatic nitrogens is 3. The highest BCUT2D eigenvalue weighted by Gasteiger charge is 2.12. The Bertz CT molecular complexity index is 1190. The van der Waals surface area contributed by atoms with Crippen molar-refractivity contribution in [2.75, 3.05) is 23.8 Å². The fourth-order valence-corrected chi connectivity index (χ4v) is 3.28. The molecule has 0 saturated carbocycles. The van der Waals surface area contributed by atoms with E-state index < -0.39 is 0 Å². The lowest BCUT2D eigenvalue weighted by molar-refractivity contribution is 0.171. The summed E-state index contributed by atoms with van der Waals surface area (Å²) in [5, 5.41) is 7.67. The van der Waals surface area contributed by atoms with Crippen molar-refractivity contribution in [1.29, 1.82) is 0 Å². The summed E-state index contributed by atoms with van der Waals surface area (Å²) in [6.07, 6.45) is 1.78. The maximum Gasteiger partial charge on any atom is 0.229 e. The van der Waals surface area contributed by atoms with Crippen molar-refractivity contribution in [2.24, 2.45) is 0 Å². The molecule has 5 rings (SSSR count). The highest BCUT2D eigenvalue weighted by molar-refractivity contribution is 5.91. The van der Waals surface area contributed by atoms with Crippen molar-refractivity contribution >= 4 is 34.0 Å². The lowest BCUT2D eigenvalue weighted by Gasteiger charge is -2.19. The number of anilines is 4. The van der Waals surface area contributed by atoms with E-state index in [1.165, 1.54) is 0 Å². The van der Waals surface area contributed by atoms with Crippen LogP contribution in [0.4, 0.5) is 23.1 Å². The van der Waals surface area contributed by atoms with Gasteiger partial charge in [0.2, 0.25) is 5.95 Å². The summed E-state index contributed by atoms with van der Waals surface area (Å²) in [4.78, 5) is 13.6. The Labute approximate surface area is 167 Å². The summed E-state index contributed by atoms with van der Waals surface area (Å²) in [6, 6.07) is 17.6. The van der Waals surface area contributed by atoms with E-state index in [2.05, 4.69) is 25.6 Å². The highest BCUT2D eigenvalue weighted by Crippen LogP contribution is 2.33. The molecule has 4 aromatic rings. The lowest BCUT2D eigenvalue weighted by atomic mass is 10.2. The summed E-state index contributed by atoms with van der Waals surface area (Å²) in [5.74, 6) is 2.67. The van der Waals surface area contributed by atoms with Gasteiger partial charge in [-0.3, -0.25) is 4.98 Å².